The molecule has 1 aromatic carbocycles. The van der Waals surface area contributed by atoms with E-state index in [2.05, 4.69) is 25.3 Å². The first-order valence-electron chi connectivity index (χ1n) is 8.57. The number of imidazole rings is 1. The predicted octanol–water partition coefficient (Wildman–Crippen LogP) is 4.02. The Morgan fingerprint density at radius 3 is 2.52 bits per heavy atom. The molecule has 0 aliphatic heterocycles. The van der Waals surface area contributed by atoms with Crippen LogP contribution in [-0.2, 0) is 13.1 Å². The number of nitrogens with zero attached hydrogens (tertiary/aromatic N) is 3. The number of ether oxygens (including phenoxy) is 1. The van der Waals surface area contributed by atoms with Crippen LogP contribution in [0.5, 0.6) is 5.75 Å². The molecule has 0 amide bonds. The summed E-state index contributed by atoms with van der Waals surface area (Å²) in [5, 5.41) is 6.09. The van der Waals surface area contributed by atoms with Gasteiger partial charge in [0.15, 0.2) is 5.96 Å². The maximum Gasteiger partial charge on any atom is 0.573 e. The lowest BCUT2D eigenvalue weighted by atomic mass is 10.2. The summed E-state index contributed by atoms with van der Waals surface area (Å²) in [7, 11) is 1.58. The van der Waals surface area contributed by atoms with Crippen molar-refractivity contribution in [3.05, 3.63) is 65.6 Å². The monoisotopic (exact) mass is 519 g/mol. The summed E-state index contributed by atoms with van der Waals surface area (Å²) < 4.78 is 43.6. The average molecular weight is 519 g/mol. The van der Waals surface area contributed by atoms with Gasteiger partial charge in [-0.15, -0.1) is 37.1 Å². The van der Waals surface area contributed by atoms with Gasteiger partial charge in [0.05, 0.1) is 12.2 Å². The van der Waals surface area contributed by atoms with Crippen molar-refractivity contribution in [2.45, 2.75) is 26.4 Å². The number of fused-ring (bicyclic) bond motifs is 1. The highest BCUT2D eigenvalue weighted by Gasteiger charge is 2.31. The standard InChI is InChI=1S/C19H20F3N5O.HI/c1-13-6-5-9-17-26-15(12-27(13)17)11-25-18(23-2)24-10-14-7-3-4-8-16(14)28-19(20,21)22;/h3-9,12H,10-11H2,1-2H3,(H2,23,24,25);1H. The number of hydrogen-bond acceptors (Lipinski definition) is 3. The Morgan fingerprint density at radius 2 is 1.83 bits per heavy atom. The molecule has 0 aliphatic carbocycles. The van der Waals surface area contributed by atoms with Crippen molar-refractivity contribution in [1.82, 2.24) is 20.0 Å². The summed E-state index contributed by atoms with van der Waals surface area (Å²) in [6, 6.07) is 11.8. The van der Waals surface area contributed by atoms with Gasteiger partial charge in [0.2, 0.25) is 0 Å². The molecule has 0 spiro atoms. The minimum Gasteiger partial charge on any atom is -0.405 e. The van der Waals surface area contributed by atoms with Gasteiger partial charge in [-0.3, -0.25) is 4.99 Å². The summed E-state index contributed by atoms with van der Waals surface area (Å²) in [6.07, 6.45) is -2.81. The Morgan fingerprint density at radius 1 is 1.10 bits per heavy atom. The molecule has 2 N–H and O–H groups in total. The largest absolute Gasteiger partial charge is 0.573 e. The van der Waals surface area contributed by atoms with Crippen molar-refractivity contribution in [2.75, 3.05) is 7.05 Å². The molecule has 29 heavy (non-hydrogen) atoms. The number of alkyl halides is 3. The van der Waals surface area contributed by atoms with Crippen LogP contribution in [0.1, 0.15) is 17.0 Å². The zero-order valence-corrected chi connectivity index (χ0v) is 18.2. The van der Waals surface area contributed by atoms with Crippen LogP contribution in [0.2, 0.25) is 0 Å². The normalized spacial score (nSPS) is 11.8. The van der Waals surface area contributed by atoms with Crippen molar-refractivity contribution >= 4 is 35.6 Å². The van der Waals surface area contributed by atoms with Crippen molar-refractivity contribution in [3.8, 4) is 5.75 Å². The van der Waals surface area contributed by atoms with Gasteiger partial charge in [0.1, 0.15) is 11.4 Å². The highest BCUT2D eigenvalue weighted by Crippen LogP contribution is 2.26. The number of hydrogen-bond donors (Lipinski definition) is 2. The lowest BCUT2D eigenvalue weighted by Crippen LogP contribution is -2.36. The summed E-state index contributed by atoms with van der Waals surface area (Å²) >= 11 is 0. The Bertz CT molecular complexity index is 987. The lowest BCUT2D eigenvalue weighted by molar-refractivity contribution is -0.274. The van der Waals surface area contributed by atoms with Crippen LogP contribution in [0, 0.1) is 6.92 Å². The van der Waals surface area contributed by atoms with Gasteiger partial charge in [-0.2, -0.15) is 0 Å². The van der Waals surface area contributed by atoms with Gasteiger partial charge in [-0.05, 0) is 25.1 Å². The molecule has 0 radical (unpaired) electrons. The highest BCUT2D eigenvalue weighted by molar-refractivity contribution is 14.0. The van der Waals surface area contributed by atoms with Crippen LogP contribution >= 0.6 is 24.0 Å². The molecule has 0 saturated heterocycles. The van der Waals surface area contributed by atoms with E-state index < -0.39 is 6.36 Å². The van der Waals surface area contributed by atoms with Gasteiger partial charge >= 0.3 is 6.36 Å². The molecule has 0 fully saturated rings. The van der Waals surface area contributed by atoms with Crippen LogP contribution in [0.3, 0.4) is 0 Å². The number of aliphatic imine (C=N–C) groups is 1. The summed E-state index contributed by atoms with van der Waals surface area (Å²) in [5.41, 5.74) is 3.10. The molecule has 3 aromatic rings. The molecule has 3 rings (SSSR count). The van der Waals surface area contributed by atoms with E-state index in [4.69, 9.17) is 0 Å². The minimum atomic E-state index is -4.74. The zero-order chi connectivity index (χ0) is 20.1. The van der Waals surface area contributed by atoms with E-state index in [1.165, 1.54) is 12.1 Å². The number of nitrogens with one attached hydrogen (secondary N) is 2. The quantitative estimate of drug-likeness (QED) is 0.304. The Balaban J connectivity index is 0.00000300. The molecule has 0 aliphatic rings. The molecular formula is C19H21F3IN5O. The van der Waals surface area contributed by atoms with Crippen molar-refractivity contribution < 1.29 is 17.9 Å². The number of para-hydroxylation sites is 1. The van der Waals surface area contributed by atoms with E-state index >= 15 is 0 Å². The second kappa shape index (κ2) is 9.81. The molecule has 2 aromatic heterocycles. The molecular weight excluding hydrogens is 498 g/mol. The third kappa shape index (κ3) is 6.24. The van der Waals surface area contributed by atoms with Crippen LogP contribution in [0.15, 0.2) is 53.7 Å². The maximum absolute atomic E-state index is 12.5. The predicted molar refractivity (Wildman–Crippen MR) is 116 cm³/mol. The number of guanidine groups is 1. The summed E-state index contributed by atoms with van der Waals surface area (Å²) in [5.74, 6) is 0.198. The maximum atomic E-state index is 12.5. The molecule has 6 nitrogen and oxygen atoms in total. The van der Waals surface area contributed by atoms with E-state index in [1.54, 1.807) is 19.2 Å². The first-order chi connectivity index (χ1) is 13.4. The van der Waals surface area contributed by atoms with Gasteiger partial charge in [-0.25, -0.2) is 4.98 Å². The van der Waals surface area contributed by atoms with Crippen molar-refractivity contribution in [3.63, 3.8) is 0 Å². The number of aromatic nitrogens is 2. The van der Waals surface area contributed by atoms with E-state index in [0.29, 0.717) is 18.1 Å². The number of benzene rings is 1. The van der Waals surface area contributed by atoms with Gasteiger partial charge in [-0.1, -0.05) is 24.3 Å². The number of rotatable bonds is 5. The second-order valence-corrected chi connectivity index (χ2v) is 6.06. The topological polar surface area (TPSA) is 63.0 Å². The summed E-state index contributed by atoms with van der Waals surface area (Å²) in [6.45, 7) is 2.53. The number of aryl methyl sites for hydroxylation is 1. The van der Waals surface area contributed by atoms with Gasteiger partial charge < -0.3 is 19.8 Å². The Labute approximate surface area is 183 Å². The molecule has 0 saturated carbocycles. The van der Waals surface area contributed by atoms with Crippen LogP contribution in [0.4, 0.5) is 13.2 Å². The fourth-order valence-electron chi connectivity index (χ4n) is 2.73. The van der Waals surface area contributed by atoms with E-state index in [1.807, 2.05) is 35.7 Å². The van der Waals surface area contributed by atoms with E-state index in [-0.39, 0.29) is 36.3 Å². The van der Waals surface area contributed by atoms with Crippen LogP contribution in [0.25, 0.3) is 5.65 Å². The SMILES string of the molecule is CN=C(NCc1cn2c(C)cccc2n1)NCc1ccccc1OC(F)(F)F.I. The summed E-state index contributed by atoms with van der Waals surface area (Å²) in [4.78, 5) is 8.62. The second-order valence-electron chi connectivity index (χ2n) is 6.06. The zero-order valence-electron chi connectivity index (χ0n) is 15.8. The molecule has 156 valence electrons. The van der Waals surface area contributed by atoms with Gasteiger partial charge in [0.25, 0.3) is 0 Å². The Hall–Kier alpha value is -2.50. The fraction of sp³-hybridized carbons (Fsp3) is 0.263. The average Bonchev–Trinajstić information content (AvgIpc) is 3.06. The Kier molecular flexibility index (Phi) is 7.71. The molecule has 0 atom stereocenters. The van der Waals surface area contributed by atoms with E-state index in [9.17, 15) is 13.2 Å². The first-order valence-corrected chi connectivity index (χ1v) is 8.57. The number of halogens is 4. The van der Waals surface area contributed by atoms with Crippen LogP contribution in [-0.4, -0.2) is 28.8 Å². The van der Waals surface area contributed by atoms with Crippen molar-refractivity contribution in [2.24, 2.45) is 4.99 Å². The van der Waals surface area contributed by atoms with Crippen molar-refractivity contribution in [1.29, 1.82) is 0 Å². The highest BCUT2D eigenvalue weighted by atomic mass is 127. The fourth-order valence-corrected chi connectivity index (χ4v) is 2.73. The van der Waals surface area contributed by atoms with Gasteiger partial charge in [0, 0.05) is 31.0 Å². The smallest absolute Gasteiger partial charge is 0.405 e. The van der Waals surface area contributed by atoms with Crippen LogP contribution < -0.4 is 15.4 Å². The minimum absolute atomic E-state index is 0. The molecule has 10 heteroatoms. The lowest BCUT2D eigenvalue weighted by Gasteiger charge is -2.15. The third-order valence-corrected chi connectivity index (χ3v) is 4.05. The third-order valence-electron chi connectivity index (χ3n) is 4.05. The molecule has 0 unspecified atom stereocenters. The number of pyridine rings is 1. The van der Waals surface area contributed by atoms with E-state index in [0.717, 1.165) is 17.0 Å². The molecule has 2 heterocycles. The molecule has 0 bridgehead atoms. The first kappa shape index (κ1) is 22.8.